The van der Waals surface area contributed by atoms with Crippen molar-refractivity contribution in [2.45, 2.75) is 18.9 Å². The molecule has 2 atom stereocenters. The van der Waals surface area contributed by atoms with Crippen molar-refractivity contribution in [2.24, 2.45) is 0 Å². The molecule has 3 nitrogen and oxygen atoms in total. The van der Waals surface area contributed by atoms with Gasteiger partial charge < -0.3 is 14.9 Å². The topological polar surface area (TPSA) is 49.7 Å². The Labute approximate surface area is 124 Å². The molecule has 0 amide bonds. The number of phenols is 1. The molecule has 2 N–H and O–H groups in total. The Hall–Kier alpha value is -2.26. The predicted octanol–water partition coefficient (Wildman–Crippen LogP) is 3.63. The molecule has 2 aromatic rings. The summed E-state index contributed by atoms with van der Waals surface area (Å²) in [4.78, 5) is 0. The summed E-state index contributed by atoms with van der Waals surface area (Å²) in [6.45, 7) is 2.18. The number of benzene rings is 2. The Morgan fingerprint density at radius 2 is 1.90 bits per heavy atom. The van der Waals surface area contributed by atoms with Gasteiger partial charge in [0.1, 0.15) is 17.6 Å². The Morgan fingerprint density at radius 1 is 1.14 bits per heavy atom. The highest BCUT2D eigenvalue weighted by molar-refractivity contribution is 5.56. The monoisotopic (exact) mass is 282 g/mol. The Bertz CT molecular complexity index is 659. The van der Waals surface area contributed by atoms with Gasteiger partial charge in [-0.1, -0.05) is 37.3 Å². The Morgan fingerprint density at radius 3 is 2.62 bits per heavy atom. The van der Waals surface area contributed by atoms with Crippen LogP contribution in [0.2, 0.25) is 0 Å². The lowest BCUT2D eigenvalue weighted by molar-refractivity contribution is 0.216. The minimum atomic E-state index is -0.0299. The number of aliphatic hydroxyl groups is 1. The van der Waals surface area contributed by atoms with Gasteiger partial charge in [0.15, 0.2) is 0 Å². The molecule has 21 heavy (non-hydrogen) atoms. The van der Waals surface area contributed by atoms with Gasteiger partial charge in [-0.05, 0) is 35.4 Å². The second kappa shape index (κ2) is 5.62. The van der Waals surface area contributed by atoms with E-state index in [1.54, 1.807) is 18.2 Å². The zero-order valence-electron chi connectivity index (χ0n) is 11.9. The molecular formula is C18H18O3. The molecule has 0 aromatic heterocycles. The Kier molecular flexibility index (Phi) is 3.67. The molecule has 3 rings (SSSR count). The molecule has 0 bridgehead atoms. The first kappa shape index (κ1) is 13.7. The van der Waals surface area contributed by atoms with Crippen LogP contribution in [0.5, 0.6) is 11.5 Å². The van der Waals surface area contributed by atoms with Crippen molar-refractivity contribution in [3.63, 3.8) is 0 Å². The SMILES string of the molecule is C[C@@H]1c2cc(/C=C/CO)ccc2O[C@H]1c1ccc(O)cc1. The van der Waals surface area contributed by atoms with Crippen LogP contribution in [-0.2, 0) is 0 Å². The molecule has 0 spiro atoms. The van der Waals surface area contributed by atoms with Crippen molar-refractivity contribution in [2.75, 3.05) is 6.61 Å². The summed E-state index contributed by atoms with van der Waals surface area (Å²) in [5.41, 5.74) is 3.29. The quantitative estimate of drug-likeness (QED) is 0.903. The van der Waals surface area contributed by atoms with E-state index in [0.717, 1.165) is 16.9 Å². The molecule has 0 saturated heterocycles. The summed E-state index contributed by atoms with van der Waals surface area (Å²) in [7, 11) is 0. The summed E-state index contributed by atoms with van der Waals surface area (Å²) < 4.78 is 6.05. The van der Waals surface area contributed by atoms with Gasteiger partial charge in [-0.15, -0.1) is 0 Å². The third-order valence-corrected chi connectivity index (χ3v) is 3.87. The summed E-state index contributed by atoms with van der Waals surface area (Å²) >= 11 is 0. The van der Waals surface area contributed by atoms with Crippen molar-refractivity contribution >= 4 is 6.08 Å². The van der Waals surface area contributed by atoms with Gasteiger partial charge in [0.2, 0.25) is 0 Å². The number of aliphatic hydroxyl groups excluding tert-OH is 1. The van der Waals surface area contributed by atoms with Crippen molar-refractivity contribution < 1.29 is 14.9 Å². The van der Waals surface area contributed by atoms with Gasteiger partial charge >= 0.3 is 0 Å². The minimum absolute atomic E-state index is 0.0299. The maximum Gasteiger partial charge on any atom is 0.130 e. The lowest BCUT2D eigenvalue weighted by Crippen LogP contribution is -2.06. The van der Waals surface area contributed by atoms with Crippen molar-refractivity contribution in [3.05, 3.63) is 65.2 Å². The number of ether oxygens (including phenoxy) is 1. The number of rotatable bonds is 3. The third kappa shape index (κ3) is 2.65. The van der Waals surface area contributed by atoms with Crippen LogP contribution in [0.25, 0.3) is 6.08 Å². The first-order valence-electron chi connectivity index (χ1n) is 7.06. The zero-order chi connectivity index (χ0) is 14.8. The predicted molar refractivity (Wildman–Crippen MR) is 82.5 cm³/mol. The number of hydrogen-bond donors (Lipinski definition) is 2. The zero-order valence-corrected chi connectivity index (χ0v) is 11.9. The van der Waals surface area contributed by atoms with Gasteiger partial charge in [-0.3, -0.25) is 0 Å². The fourth-order valence-electron chi connectivity index (χ4n) is 2.75. The van der Waals surface area contributed by atoms with Gasteiger partial charge in [0, 0.05) is 11.5 Å². The van der Waals surface area contributed by atoms with Crippen LogP contribution >= 0.6 is 0 Å². The standard InChI is InChI=1S/C18H18O3/c1-12-16-11-13(3-2-10-19)4-9-17(16)21-18(12)14-5-7-15(20)8-6-14/h2-9,11-12,18-20H,10H2,1H3/b3-2+/t12-,18-/m1/s1. The van der Waals surface area contributed by atoms with Gasteiger partial charge in [0.05, 0.1) is 6.61 Å². The van der Waals surface area contributed by atoms with E-state index in [-0.39, 0.29) is 24.4 Å². The fraction of sp³-hybridized carbons (Fsp3) is 0.222. The molecule has 3 heteroatoms. The highest BCUT2D eigenvalue weighted by Gasteiger charge is 2.32. The van der Waals surface area contributed by atoms with Gasteiger partial charge in [0.25, 0.3) is 0 Å². The van der Waals surface area contributed by atoms with Gasteiger partial charge in [-0.2, -0.15) is 0 Å². The average molecular weight is 282 g/mol. The normalized spacial score (nSPS) is 20.5. The number of fused-ring (bicyclic) bond motifs is 1. The van der Waals surface area contributed by atoms with Crippen LogP contribution in [0, 0.1) is 0 Å². The smallest absolute Gasteiger partial charge is 0.130 e. The second-order valence-electron chi connectivity index (χ2n) is 5.30. The van der Waals surface area contributed by atoms with E-state index in [9.17, 15) is 5.11 Å². The maximum absolute atomic E-state index is 9.39. The summed E-state index contributed by atoms with van der Waals surface area (Å²) in [5, 5.41) is 18.2. The van der Waals surface area contributed by atoms with Crippen molar-refractivity contribution in [1.29, 1.82) is 0 Å². The van der Waals surface area contributed by atoms with Crippen LogP contribution in [0.15, 0.2) is 48.5 Å². The van der Waals surface area contributed by atoms with Gasteiger partial charge in [-0.25, -0.2) is 0 Å². The van der Waals surface area contributed by atoms with E-state index >= 15 is 0 Å². The lowest BCUT2D eigenvalue weighted by atomic mass is 9.92. The lowest BCUT2D eigenvalue weighted by Gasteiger charge is -2.15. The van der Waals surface area contributed by atoms with Crippen LogP contribution in [0.4, 0.5) is 0 Å². The molecule has 1 heterocycles. The van der Waals surface area contributed by atoms with E-state index in [1.807, 2.05) is 30.3 Å². The average Bonchev–Trinajstić information content (AvgIpc) is 2.83. The molecule has 0 radical (unpaired) electrons. The van der Waals surface area contributed by atoms with Crippen molar-refractivity contribution in [3.8, 4) is 11.5 Å². The molecule has 108 valence electrons. The maximum atomic E-state index is 9.39. The van der Waals surface area contributed by atoms with E-state index in [1.165, 1.54) is 5.56 Å². The first-order chi connectivity index (χ1) is 10.2. The minimum Gasteiger partial charge on any atom is -0.508 e. The summed E-state index contributed by atoms with van der Waals surface area (Å²) in [5.74, 6) is 1.41. The first-order valence-corrected chi connectivity index (χ1v) is 7.06. The van der Waals surface area contributed by atoms with E-state index < -0.39 is 0 Å². The molecule has 0 saturated carbocycles. The largest absolute Gasteiger partial charge is 0.508 e. The Balaban J connectivity index is 1.89. The van der Waals surface area contributed by atoms with Crippen LogP contribution in [0.3, 0.4) is 0 Å². The highest BCUT2D eigenvalue weighted by Crippen LogP contribution is 2.46. The summed E-state index contributed by atoms with van der Waals surface area (Å²) in [6, 6.07) is 13.2. The van der Waals surface area contributed by atoms with E-state index in [4.69, 9.17) is 9.84 Å². The fourth-order valence-corrected chi connectivity index (χ4v) is 2.75. The second-order valence-corrected chi connectivity index (χ2v) is 5.30. The van der Waals surface area contributed by atoms with Crippen molar-refractivity contribution in [1.82, 2.24) is 0 Å². The van der Waals surface area contributed by atoms with E-state index in [2.05, 4.69) is 13.0 Å². The molecule has 0 aliphatic carbocycles. The van der Waals surface area contributed by atoms with Crippen LogP contribution < -0.4 is 4.74 Å². The molecule has 0 unspecified atom stereocenters. The van der Waals surface area contributed by atoms with E-state index in [0.29, 0.717) is 0 Å². The van der Waals surface area contributed by atoms with Crippen LogP contribution in [-0.4, -0.2) is 16.8 Å². The molecular weight excluding hydrogens is 264 g/mol. The highest BCUT2D eigenvalue weighted by atomic mass is 16.5. The van der Waals surface area contributed by atoms with Crippen LogP contribution in [0.1, 0.15) is 35.6 Å². The molecule has 1 aliphatic rings. The number of aromatic hydroxyl groups is 1. The molecule has 0 fully saturated rings. The number of hydrogen-bond acceptors (Lipinski definition) is 3. The number of phenolic OH excluding ortho intramolecular Hbond substituents is 1. The molecule has 2 aromatic carbocycles. The summed E-state index contributed by atoms with van der Waals surface area (Å²) in [6.07, 6.45) is 3.60. The third-order valence-electron chi connectivity index (χ3n) is 3.87. The molecule has 1 aliphatic heterocycles.